The third-order valence-corrected chi connectivity index (χ3v) is 10.2. The number of amides is 2. The van der Waals surface area contributed by atoms with Crippen molar-refractivity contribution in [1.82, 2.24) is 15.1 Å². The number of nitrogens with zero attached hydrogens (tertiary/aromatic N) is 2. The van der Waals surface area contributed by atoms with Gasteiger partial charge in [-0.15, -0.1) is 11.3 Å². The molecule has 2 aliphatic heterocycles. The van der Waals surface area contributed by atoms with E-state index in [0.29, 0.717) is 12.5 Å². The van der Waals surface area contributed by atoms with Crippen molar-refractivity contribution >= 4 is 23.2 Å². The first-order valence-electron chi connectivity index (χ1n) is 13.0. The molecule has 5 nitrogen and oxygen atoms in total. The van der Waals surface area contributed by atoms with E-state index < -0.39 is 0 Å². The Morgan fingerprint density at radius 3 is 2.34 bits per heavy atom. The average Bonchev–Trinajstić information content (AvgIpc) is 3.55. The van der Waals surface area contributed by atoms with Crippen molar-refractivity contribution in [2.45, 2.75) is 76.3 Å². The molecule has 2 amide bonds. The van der Waals surface area contributed by atoms with Gasteiger partial charge in [-0.2, -0.15) is 0 Å². The normalized spacial score (nSPS) is 37.2. The van der Waals surface area contributed by atoms with Crippen LogP contribution in [0.2, 0.25) is 0 Å². The molecule has 1 aromatic rings. The maximum atomic E-state index is 13.9. The van der Waals surface area contributed by atoms with Crippen LogP contribution in [0.25, 0.3) is 0 Å². The van der Waals surface area contributed by atoms with Crippen LogP contribution >= 0.6 is 11.3 Å². The third-order valence-electron chi connectivity index (χ3n) is 9.23. The summed E-state index contributed by atoms with van der Waals surface area (Å²) < 4.78 is 0. The van der Waals surface area contributed by atoms with Crippen molar-refractivity contribution in [1.29, 1.82) is 0 Å². The summed E-state index contributed by atoms with van der Waals surface area (Å²) in [5.74, 6) is 2.66. The Morgan fingerprint density at radius 2 is 1.72 bits per heavy atom. The minimum atomic E-state index is -0.266. The highest BCUT2D eigenvalue weighted by Gasteiger charge is 2.56. The SMILES string of the molecule is O=C(NCC(c1cccs1)N1CCCC1)C1CCCN1C(=O)C12CC3CC(CC(C3)C1)C2. The molecule has 3 heterocycles. The fraction of sp³-hybridized carbons (Fsp3) is 0.769. The van der Waals surface area contributed by atoms with Crippen LogP contribution < -0.4 is 5.32 Å². The van der Waals surface area contributed by atoms with Gasteiger partial charge >= 0.3 is 0 Å². The van der Waals surface area contributed by atoms with Crippen molar-refractivity contribution in [3.8, 4) is 0 Å². The van der Waals surface area contributed by atoms with Crippen LogP contribution in [0.15, 0.2) is 17.5 Å². The van der Waals surface area contributed by atoms with E-state index in [9.17, 15) is 9.59 Å². The van der Waals surface area contributed by atoms with Crippen LogP contribution in [0, 0.1) is 23.2 Å². The number of hydrogen-bond donors (Lipinski definition) is 1. The molecular weight excluding hydrogens is 418 g/mol. The van der Waals surface area contributed by atoms with Gasteiger partial charge in [0.25, 0.3) is 0 Å². The number of nitrogens with one attached hydrogen (secondary N) is 1. The van der Waals surface area contributed by atoms with Gasteiger partial charge in [0.1, 0.15) is 6.04 Å². The molecule has 6 heteroatoms. The van der Waals surface area contributed by atoms with Crippen molar-refractivity contribution in [3.05, 3.63) is 22.4 Å². The predicted octanol–water partition coefficient (Wildman–Crippen LogP) is 4.21. The van der Waals surface area contributed by atoms with E-state index in [-0.39, 0.29) is 23.4 Å². The summed E-state index contributed by atoms with van der Waals surface area (Å²) in [7, 11) is 0. The maximum absolute atomic E-state index is 13.9. The van der Waals surface area contributed by atoms with Gasteiger partial charge in [0.2, 0.25) is 11.8 Å². The fourth-order valence-corrected chi connectivity index (χ4v) is 9.08. The summed E-state index contributed by atoms with van der Waals surface area (Å²) in [6.45, 7) is 3.63. The van der Waals surface area contributed by atoms with E-state index in [4.69, 9.17) is 0 Å². The Bertz CT molecular complexity index is 812. The minimum Gasteiger partial charge on any atom is -0.352 e. The molecule has 4 saturated carbocycles. The lowest BCUT2D eigenvalue weighted by atomic mass is 9.49. The van der Waals surface area contributed by atoms with Gasteiger partial charge in [-0.3, -0.25) is 14.5 Å². The molecule has 6 aliphatic rings. The molecular formula is C26H37N3O2S. The number of hydrogen-bond acceptors (Lipinski definition) is 4. The van der Waals surface area contributed by atoms with Crippen molar-refractivity contribution in [2.24, 2.45) is 23.2 Å². The second-order valence-electron chi connectivity index (χ2n) is 11.4. The summed E-state index contributed by atoms with van der Waals surface area (Å²) in [5.41, 5.74) is -0.146. The molecule has 1 N–H and O–H groups in total. The number of likely N-dealkylation sites (tertiary alicyclic amines) is 2. The molecule has 174 valence electrons. The van der Waals surface area contributed by atoms with E-state index in [0.717, 1.165) is 69.5 Å². The van der Waals surface area contributed by atoms with E-state index in [1.54, 1.807) is 11.3 Å². The standard InChI is InChI=1S/C26H37N3O2S/c30-24(27-17-22(23-6-4-10-32-23)28-7-1-2-8-28)21-5-3-9-29(21)25(31)26-14-18-11-19(15-26)13-20(12-18)16-26/h4,6,10,18-22H,1-3,5,7-9,11-17H2,(H,27,30). The second-order valence-corrected chi connectivity index (χ2v) is 12.4. The molecule has 0 radical (unpaired) electrons. The zero-order valence-corrected chi connectivity index (χ0v) is 20.0. The Hall–Kier alpha value is -1.40. The summed E-state index contributed by atoms with van der Waals surface area (Å²) >= 11 is 1.78. The summed E-state index contributed by atoms with van der Waals surface area (Å²) in [6, 6.07) is 4.29. The Morgan fingerprint density at radius 1 is 1.03 bits per heavy atom. The first-order chi connectivity index (χ1) is 15.6. The minimum absolute atomic E-state index is 0.0707. The first-order valence-corrected chi connectivity index (χ1v) is 13.9. The van der Waals surface area contributed by atoms with Crippen LogP contribution in [-0.4, -0.2) is 53.8 Å². The van der Waals surface area contributed by atoms with Crippen LogP contribution in [-0.2, 0) is 9.59 Å². The molecule has 32 heavy (non-hydrogen) atoms. The third kappa shape index (κ3) is 3.71. The van der Waals surface area contributed by atoms with Gasteiger partial charge in [-0.25, -0.2) is 0 Å². The maximum Gasteiger partial charge on any atom is 0.242 e. The van der Waals surface area contributed by atoms with Crippen molar-refractivity contribution in [3.63, 3.8) is 0 Å². The zero-order valence-electron chi connectivity index (χ0n) is 19.1. The Balaban J connectivity index is 1.13. The molecule has 2 atom stereocenters. The number of rotatable bonds is 6. The molecule has 7 rings (SSSR count). The highest BCUT2D eigenvalue weighted by molar-refractivity contribution is 7.10. The van der Waals surface area contributed by atoms with Gasteiger partial charge in [0.15, 0.2) is 0 Å². The van der Waals surface area contributed by atoms with Crippen LogP contribution in [0.4, 0.5) is 0 Å². The predicted molar refractivity (Wildman–Crippen MR) is 126 cm³/mol. The van der Waals surface area contributed by atoms with Gasteiger partial charge in [0, 0.05) is 18.0 Å². The molecule has 0 aromatic carbocycles. The van der Waals surface area contributed by atoms with Gasteiger partial charge in [0.05, 0.1) is 11.5 Å². The fourth-order valence-electron chi connectivity index (χ4n) is 8.22. The molecule has 2 unspecified atom stereocenters. The number of carbonyl (C=O) groups is 2. The summed E-state index contributed by atoms with van der Waals surface area (Å²) in [5, 5.41) is 5.41. The van der Waals surface area contributed by atoms with Crippen molar-refractivity contribution in [2.75, 3.05) is 26.2 Å². The first kappa shape index (κ1) is 21.2. The monoisotopic (exact) mass is 455 g/mol. The topological polar surface area (TPSA) is 52.7 Å². The summed E-state index contributed by atoms with van der Waals surface area (Å²) in [4.78, 5) is 33.1. The van der Waals surface area contributed by atoms with Crippen LogP contribution in [0.3, 0.4) is 0 Å². The molecule has 1 aromatic heterocycles. The lowest BCUT2D eigenvalue weighted by Gasteiger charge is -2.56. The quantitative estimate of drug-likeness (QED) is 0.699. The van der Waals surface area contributed by atoms with Gasteiger partial charge < -0.3 is 10.2 Å². The number of thiophene rings is 1. The highest BCUT2D eigenvalue weighted by atomic mass is 32.1. The second kappa shape index (κ2) is 8.43. The highest BCUT2D eigenvalue weighted by Crippen LogP contribution is 2.60. The van der Waals surface area contributed by atoms with Gasteiger partial charge in [-0.05, 0) is 106 Å². The van der Waals surface area contributed by atoms with Crippen LogP contribution in [0.1, 0.15) is 75.1 Å². The van der Waals surface area contributed by atoms with E-state index in [1.807, 2.05) is 4.90 Å². The lowest BCUT2D eigenvalue weighted by molar-refractivity contribution is -0.160. The molecule has 4 bridgehead atoms. The largest absolute Gasteiger partial charge is 0.352 e. The smallest absolute Gasteiger partial charge is 0.242 e. The Kier molecular flexibility index (Phi) is 5.57. The van der Waals surface area contributed by atoms with E-state index >= 15 is 0 Å². The molecule has 0 spiro atoms. The van der Waals surface area contributed by atoms with Crippen molar-refractivity contribution < 1.29 is 9.59 Å². The van der Waals surface area contributed by atoms with E-state index in [1.165, 1.54) is 37.0 Å². The van der Waals surface area contributed by atoms with Gasteiger partial charge in [-0.1, -0.05) is 6.07 Å². The Labute approximate surface area is 195 Å². The lowest BCUT2D eigenvalue weighted by Crippen LogP contribution is -2.57. The van der Waals surface area contributed by atoms with E-state index in [2.05, 4.69) is 27.7 Å². The average molecular weight is 456 g/mol. The number of carbonyl (C=O) groups excluding carboxylic acids is 2. The molecule has 6 fully saturated rings. The summed E-state index contributed by atoms with van der Waals surface area (Å²) in [6.07, 6.45) is 11.5. The zero-order chi connectivity index (χ0) is 21.7. The van der Waals surface area contributed by atoms with Crippen LogP contribution in [0.5, 0.6) is 0 Å². The molecule has 4 aliphatic carbocycles. The molecule has 2 saturated heterocycles.